The van der Waals surface area contributed by atoms with Crippen LogP contribution in [0.25, 0.3) is 0 Å². The minimum atomic E-state index is -0.118. The van der Waals surface area contributed by atoms with E-state index in [-0.39, 0.29) is 11.9 Å². The van der Waals surface area contributed by atoms with E-state index < -0.39 is 0 Å². The predicted octanol–water partition coefficient (Wildman–Crippen LogP) is 4.99. The summed E-state index contributed by atoms with van der Waals surface area (Å²) in [6, 6.07) is 10.5. The molecule has 2 aromatic rings. The van der Waals surface area contributed by atoms with E-state index in [1.807, 2.05) is 23.1 Å². The molecule has 1 aliphatic rings. The van der Waals surface area contributed by atoms with Crippen LogP contribution in [-0.4, -0.2) is 31.6 Å². The van der Waals surface area contributed by atoms with Gasteiger partial charge in [-0.3, -0.25) is 4.79 Å². The Labute approximate surface area is 157 Å². The Bertz CT molecular complexity index is 794. The Hall–Kier alpha value is -1.91. The second-order valence-corrected chi connectivity index (χ2v) is 6.73. The molecule has 0 aliphatic carbocycles. The Balaban J connectivity index is 1.95. The molecule has 0 spiro atoms. The van der Waals surface area contributed by atoms with Gasteiger partial charge < -0.3 is 14.4 Å². The van der Waals surface area contributed by atoms with Crippen molar-refractivity contribution in [2.45, 2.75) is 18.9 Å². The maximum Gasteiger partial charge on any atom is 0.255 e. The zero-order chi connectivity index (χ0) is 18.0. The van der Waals surface area contributed by atoms with Crippen LogP contribution in [0.4, 0.5) is 0 Å². The molecule has 1 heterocycles. The molecule has 0 radical (unpaired) electrons. The molecule has 0 N–H and O–H groups in total. The molecule has 25 heavy (non-hydrogen) atoms. The van der Waals surface area contributed by atoms with Crippen molar-refractivity contribution in [3.63, 3.8) is 0 Å². The summed E-state index contributed by atoms with van der Waals surface area (Å²) in [6.45, 7) is 0.668. The van der Waals surface area contributed by atoms with Crippen LogP contribution in [0, 0.1) is 0 Å². The highest BCUT2D eigenvalue weighted by atomic mass is 35.5. The van der Waals surface area contributed by atoms with Gasteiger partial charge >= 0.3 is 0 Å². The summed E-state index contributed by atoms with van der Waals surface area (Å²) in [5, 5.41) is 0.896. The maximum absolute atomic E-state index is 13.0. The lowest BCUT2D eigenvalue weighted by molar-refractivity contribution is 0.0734. The average Bonchev–Trinajstić information content (AvgIpc) is 3.12. The first-order valence-electron chi connectivity index (χ1n) is 8.03. The van der Waals surface area contributed by atoms with Gasteiger partial charge in [-0.25, -0.2) is 0 Å². The number of rotatable bonds is 4. The normalized spacial score (nSPS) is 16.8. The molecule has 2 aromatic carbocycles. The predicted molar refractivity (Wildman–Crippen MR) is 99.0 cm³/mol. The van der Waals surface area contributed by atoms with Crippen molar-refractivity contribution in [1.82, 2.24) is 4.90 Å². The van der Waals surface area contributed by atoms with Crippen molar-refractivity contribution in [3.05, 3.63) is 57.6 Å². The molecule has 132 valence electrons. The molecule has 1 amide bonds. The number of likely N-dealkylation sites (tertiary alicyclic amines) is 1. The van der Waals surface area contributed by atoms with Gasteiger partial charge in [0.15, 0.2) is 0 Å². The Morgan fingerprint density at radius 3 is 2.64 bits per heavy atom. The fourth-order valence-electron chi connectivity index (χ4n) is 3.24. The van der Waals surface area contributed by atoms with Crippen LogP contribution in [0.15, 0.2) is 36.4 Å². The lowest BCUT2D eigenvalue weighted by Crippen LogP contribution is -2.31. The van der Waals surface area contributed by atoms with Gasteiger partial charge in [0.2, 0.25) is 0 Å². The van der Waals surface area contributed by atoms with Crippen molar-refractivity contribution in [1.29, 1.82) is 0 Å². The Morgan fingerprint density at radius 2 is 1.92 bits per heavy atom. The van der Waals surface area contributed by atoms with Crippen LogP contribution < -0.4 is 9.47 Å². The lowest BCUT2D eigenvalue weighted by Gasteiger charge is -2.27. The first-order valence-corrected chi connectivity index (χ1v) is 8.78. The van der Waals surface area contributed by atoms with Crippen LogP contribution in [0.2, 0.25) is 10.0 Å². The standard InChI is InChI=1S/C19H19Cl2NO3/c1-24-13-6-7-14(18(11-13)25-2)17-4-3-9-22(17)19(23)15-10-12(20)5-8-16(15)21/h5-8,10-11,17H,3-4,9H2,1-2H3/t17-/m1/s1. The number of amides is 1. The molecule has 1 aliphatic heterocycles. The third-order valence-corrected chi connectivity index (χ3v) is 5.04. The van der Waals surface area contributed by atoms with Gasteiger partial charge in [0.05, 0.1) is 30.8 Å². The minimum absolute atomic E-state index is 0.0663. The number of benzene rings is 2. The van der Waals surface area contributed by atoms with Gasteiger partial charge in [-0.15, -0.1) is 0 Å². The quantitative estimate of drug-likeness (QED) is 0.750. The monoisotopic (exact) mass is 379 g/mol. The molecular weight excluding hydrogens is 361 g/mol. The molecule has 0 bridgehead atoms. The Morgan fingerprint density at radius 1 is 1.12 bits per heavy atom. The second kappa shape index (κ2) is 7.54. The number of hydrogen-bond acceptors (Lipinski definition) is 3. The highest BCUT2D eigenvalue weighted by molar-refractivity contribution is 6.35. The van der Waals surface area contributed by atoms with Crippen LogP contribution in [0.5, 0.6) is 11.5 Å². The van der Waals surface area contributed by atoms with E-state index in [0.29, 0.717) is 33.7 Å². The summed E-state index contributed by atoms with van der Waals surface area (Å²) in [6.07, 6.45) is 1.79. The van der Waals surface area contributed by atoms with Gasteiger partial charge in [-0.1, -0.05) is 23.2 Å². The van der Waals surface area contributed by atoms with E-state index in [0.717, 1.165) is 18.4 Å². The maximum atomic E-state index is 13.0. The molecule has 1 atom stereocenters. The van der Waals surface area contributed by atoms with E-state index in [1.54, 1.807) is 32.4 Å². The summed E-state index contributed by atoms with van der Waals surface area (Å²) < 4.78 is 10.8. The number of halogens is 2. The lowest BCUT2D eigenvalue weighted by atomic mass is 10.0. The van der Waals surface area contributed by atoms with Crippen molar-refractivity contribution in [3.8, 4) is 11.5 Å². The largest absolute Gasteiger partial charge is 0.497 e. The van der Waals surface area contributed by atoms with Crippen molar-refractivity contribution in [2.75, 3.05) is 20.8 Å². The Kier molecular flexibility index (Phi) is 5.40. The van der Waals surface area contributed by atoms with E-state index in [4.69, 9.17) is 32.7 Å². The molecule has 3 rings (SSSR count). The summed E-state index contributed by atoms with van der Waals surface area (Å²) in [7, 11) is 3.23. The highest BCUT2D eigenvalue weighted by Gasteiger charge is 2.33. The van der Waals surface area contributed by atoms with Gasteiger partial charge in [-0.2, -0.15) is 0 Å². The topological polar surface area (TPSA) is 38.8 Å². The highest BCUT2D eigenvalue weighted by Crippen LogP contribution is 2.40. The first-order chi connectivity index (χ1) is 12.0. The van der Waals surface area contributed by atoms with Crippen LogP contribution in [0.1, 0.15) is 34.8 Å². The first kappa shape index (κ1) is 17.9. The average molecular weight is 380 g/mol. The van der Waals surface area contributed by atoms with Gasteiger partial charge in [-0.05, 0) is 43.2 Å². The summed E-state index contributed by atoms with van der Waals surface area (Å²) in [5.41, 5.74) is 1.39. The van der Waals surface area contributed by atoms with Crippen LogP contribution in [0.3, 0.4) is 0 Å². The SMILES string of the molecule is COc1ccc([C@H]2CCCN2C(=O)c2cc(Cl)ccc2Cl)c(OC)c1. The smallest absolute Gasteiger partial charge is 0.255 e. The fraction of sp³-hybridized carbons (Fsp3) is 0.316. The van der Waals surface area contributed by atoms with Gasteiger partial charge in [0.25, 0.3) is 5.91 Å². The van der Waals surface area contributed by atoms with Crippen molar-refractivity contribution < 1.29 is 14.3 Å². The molecule has 1 fully saturated rings. The van der Waals surface area contributed by atoms with E-state index in [1.165, 1.54) is 0 Å². The van der Waals surface area contributed by atoms with Gasteiger partial charge in [0, 0.05) is 23.2 Å². The van der Waals surface area contributed by atoms with Crippen LogP contribution in [-0.2, 0) is 0 Å². The minimum Gasteiger partial charge on any atom is -0.497 e. The zero-order valence-electron chi connectivity index (χ0n) is 14.1. The van der Waals surface area contributed by atoms with E-state index in [9.17, 15) is 4.79 Å². The summed E-state index contributed by atoms with van der Waals surface area (Å²) in [5.74, 6) is 1.31. The molecular formula is C19H19Cl2NO3. The summed E-state index contributed by atoms with van der Waals surface area (Å²) >= 11 is 12.3. The van der Waals surface area contributed by atoms with Crippen LogP contribution >= 0.6 is 23.2 Å². The van der Waals surface area contributed by atoms with E-state index in [2.05, 4.69) is 0 Å². The molecule has 0 aromatic heterocycles. The molecule has 0 saturated carbocycles. The third kappa shape index (κ3) is 3.55. The van der Waals surface area contributed by atoms with E-state index >= 15 is 0 Å². The number of hydrogen-bond donors (Lipinski definition) is 0. The molecule has 0 unspecified atom stereocenters. The summed E-state index contributed by atoms with van der Waals surface area (Å²) in [4.78, 5) is 14.9. The molecule has 6 heteroatoms. The van der Waals surface area contributed by atoms with Gasteiger partial charge in [0.1, 0.15) is 11.5 Å². The van der Waals surface area contributed by atoms with Crippen molar-refractivity contribution in [2.24, 2.45) is 0 Å². The zero-order valence-corrected chi connectivity index (χ0v) is 15.6. The number of methoxy groups -OCH3 is 2. The fourth-order valence-corrected chi connectivity index (χ4v) is 3.61. The molecule has 4 nitrogen and oxygen atoms in total. The number of nitrogens with zero attached hydrogens (tertiary/aromatic N) is 1. The third-order valence-electron chi connectivity index (χ3n) is 4.47. The number of carbonyl (C=O) groups is 1. The molecule has 1 saturated heterocycles. The van der Waals surface area contributed by atoms with Crippen molar-refractivity contribution >= 4 is 29.1 Å². The second-order valence-electron chi connectivity index (χ2n) is 5.89. The number of carbonyl (C=O) groups excluding carboxylic acids is 1. The number of ether oxygens (including phenoxy) is 2.